The third-order valence-corrected chi connectivity index (χ3v) is 4.97. The largest absolute Gasteiger partial charge is 0.480 e. The molecule has 1 saturated heterocycles. The summed E-state index contributed by atoms with van der Waals surface area (Å²) in [5.74, 6) is -3.06. The molecule has 10 nitrogen and oxygen atoms in total. The Bertz CT molecular complexity index is 576. The van der Waals surface area contributed by atoms with Crippen LogP contribution in [0, 0.1) is 5.92 Å². The summed E-state index contributed by atoms with van der Waals surface area (Å²) in [7, 11) is 0. The Hall–Kier alpha value is -2.20. The predicted octanol–water partition coefficient (Wildman–Crippen LogP) is -1.28. The van der Waals surface area contributed by atoms with E-state index >= 15 is 0 Å². The molecule has 160 valence electrons. The lowest BCUT2D eigenvalue weighted by molar-refractivity contribution is -0.145. The number of aliphatic hydroxyl groups is 1. The molecule has 0 aromatic heterocycles. The van der Waals surface area contributed by atoms with Gasteiger partial charge >= 0.3 is 5.97 Å². The molecule has 1 rings (SSSR count). The van der Waals surface area contributed by atoms with Crippen LogP contribution in [0.25, 0.3) is 0 Å². The summed E-state index contributed by atoms with van der Waals surface area (Å²) in [6.07, 6.45) is 0.939. The van der Waals surface area contributed by atoms with E-state index in [2.05, 4.69) is 21.3 Å². The molecule has 28 heavy (non-hydrogen) atoms. The minimum absolute atomic E-state index is 0.162. The first-order valence-electron chi connectivity index (χ1n) is 9.63. The summed E-state index contributed by atoms with van der Waals surface area (Å²) in [5, 5.41) is 29.0. The maximum absolute atomic E-state index is 12.7. The summed E-state index contributed by atoms with van der Waals surface area (Å²) in [6.45, 7) is 7.12. The quantitative estimate of drug-likeness (QED) is 0.267. The normalized spacial score (nSPS) is 21.7. The van der Waals surface area contributed by atoms with Crippen LogP contribution in [-0.4, -0.2) is 70.7 Å². The van der Waals surface area contributed by atoms with Gasteiger partial charge in [-0.15, -0.1) is 0 Å². The van der Waals surface area contributed by atoms with Crippen molar-refractivity contribution in [2.75, 3.05) is 6.54 Å². The van der Waals surface area contributed by atoms with Crippen LogP contribution in [0.4, 0.5) is 0 Å². The lowest BCUT2D eigenvalue weighted by Crippen LogP contribution is -2.58. The van der Waals surface area contributed by atoms with Crippen LogP contribution >= 0.6 is 0 Å². The number of hydrogen-bond donors (Lipinski definition) is 6. The SMILES string of the molecule is CCC(C)C(NC(=O)C1CCCN1)C(=O)NC(C)C(=O)NC(C(=O)O)C(C)O. The summed E-state index contributed by atoms with van der Waals surface area (Å²) < 4.78 is 0. The monoisotopic (exact) mass is 400 g/mol. The lowest BCUT2D eigenvalue weighted by Gasteiger charge is -2.27. The van der Waals surface area contributed by atoms with Crippen molar-refractivity contribution in [3.8, 4) is 0 Å². The number of nitrogens with one attached hydrogen (secondary N) is 4. The number of carboxylic acid groups (broad SMARTS) is 1. The minimum Gasteiger partial charge on any atom is -0.480 e. The van der Waals surface area contributed by atoms with Crippen LogP contribution in [0.3, 0.4) is 0 Å². The molecule has 6 atom stereocenters. The van der Waals surface area contributed by atoms with Crippen molar-refractivity contribution in [2.24, 2.45) is 5.92 Å². The summed E-state index contributed by atoms with van der Waals surface area (Å²) >= 11 is 0. The Balaban J connectivity index is 2.73. The molecule has 6 unspecified atom stereocenters. The van der Waals surface area contributed by atoms with Crippen LogP contribution in [0.2, 0.25) is 0 Å². The van der Waals surface area contributed by atoms with Gasteiger partial charge in [0, 0.05) is 0 Å². The van der Waals surface area contributed by atoms with Crippen LogP contribution < -0.4 is 21.3 Å². The Morgan fingerprint density at radius 3 is 2.14 bits per heavy atom. The van der Waals surface area contributed by atoms with Gasteiger partial charge < -0.3 is 31.5 Å². The first-order chi connectivity index (χ1) is 13.1. The molecule has 1 aliphatic heterocycles. The number of carbonyl (C=O) groups is 4. The highest BCUT2D eigenvalue weighted by molar-refractivity contribution is 5.94. The highest BCUT2D eigenvalue weighted by atomic mass is 16.4. The number of carboxylic acids is 1. The molecule has 0 spiro atoms. The van der Waals surface area contributed by atoms with Crippen LogP contribution in [0.5, 0.6) is 0 Å². The second kappa shape index (κ2) is 11.0. The molecule has 1 heterocycles. The van der Waals surface area contributed by atoms with E-state index in [0.29, 0.717) is 12.8 Å². The number of amides is 3. The maximum Gasteiger partial charge on any atom is 0.328 e. The molecule has 3 amide bonds. The zero-order chi connectivity index (χ0) is 21.4. The molecule has 1 fully saturated rings. The Kier molecular flexibility index (Phi) is 9.33. The summed E-state index contributed by atoms with van der Waals surface area (Å²) in [4.78, 5) is 48.3. The highest BCUT2D eigenvalue weighted by Crippen LogP contribution is 2.11. The van der Waals surface area contributed by atoms with Gasteiger partial charge in [-0.1, -0.05) is 20.3 Å². The van der Waals surface area contributed by atoms with Crippen molar-refractivity contribution in [2.45, 2.75) is 77.2 Å². The number of carbonyl (C=O) groups excluding carboxylic acids is 3. The fourth-order valence-corrected chi connectivity index (χ4v) is 2.90. The van der Waals surface area contributed by atoms with Crippen molar-refractivity contribution >= 4 is 23.7 Å². The first-order valence-corrected chi connectivity index (χ1v) is 9.63. The molecule has 1 aliphatic rings. The van der Waals surface area contributed by atoms with Gasteiger partial charge in [-0.25, -0.2) is 4.79 Å². The lowest BCUT2D eigenvalue weighted by atomic mass is 9.97. The Labute approximate surface area is 164 Å². The van der Waals surface area contributed by atoms with Crippen molar-refractivity contribution in [1.82, 2.24) is 21.3 Å². The topological polar surface area (TPSA) is 157 Å². The molecule has 6 N–H and O–H groups in total. The van der Waals surface area contributed by atoms with E-state index < -0.39 is 42.0 Å². The van der Waals surface area contributed by atoms with Gasteiger partial charge in [0.05, 0.1) is 12.1 Å². The summed E-state index contributed by atoms with van der Waals surface area (Å²) in [5.41, 5.74) is 0. The molecule has 0 saturated carbocycles. The van der Waals surface area contributed by atoms with Crippen molar-refractivity contribution in [1.29, 1.82) is 0 Å². The maximum atomic E-state index is 12.7. The molecule has 10 heteroatoms. The second-order valence-electron chi connectivity index (χ2n) is 7.32. The highest BCUT2D eigenvalue weighted by Gasteiger charge is 2.32. The van der Waals surface area contributed by atoms with E-state index in [4.69, 9.17) is 5.11 Å². The van der Waals surface area contributed by atoms with Crippen LogP contribution in [0.1, 0.15) is 47.0 Å². The zero-order valence-corrected chi connectivity index (χ0v) is 16.8. The van der Waals surface area contributed by atoms with Crippen LogP contribution in [0.15, 0.2) is 0 Å². The predicted molar refractivity (Wildman–Crippen MR) is 101 cm³/mol. The van der Waals surface area contributed by atoms with E-state index in [1.807, 2.05) is 13.8 Å². The van der Waals surface area contributed by atoms with Gasteiger partial charge in [-0.3, -0.25) is 14.4 Å². The van der Waals surface area contributed by atoms with E-state index in [-0.39, 0.29) is 17.9 Å². The fraction of sp³-hybridized carbons (Fsp3) is 0.778. The van der Waals surface area contributed by atoms with E-state index in [0.717, 1.165) is 13.0 Å². The Morgan fingerprint density at radius 1 is 1.04 bits per heavy atom. The van der Waals surface area contributed by atoms with Crippen molar-refractivity contribution in [3.63, 3.8) is 0 Å². The number of aliphatic carboxylic acids is 1. The van der Waals surface area contributed by atoms with Crippen molar-refractivity contribution in [3.05, 3.63) is 0 Å². The average molecular weight is 400 g/mol. The minimum atomic E-state index is -1.48. The molecule has 0 aromatic rings. The van der Waals surface area contributed by atoms with Gasteiger partial charge in [0.15, 0.2) is 6.04 Å². The van der Waals surface area contributed by atoms with E-state index in [9.17, 15) is 24.3 Å². The third kappa shape index (κ3) is 6.75. The smallest absolute Gasteiger partial charge is 0.328 e. The number of hydrogen-bond acceptors (Lipinski definition) is 6. The molecule has 0 radical (unpaired) electrons. The van der Waals surface area contributed by atoms with Gasteiger partial charge in [0.25, 0.3) is 0 Å². The van der Waals surface area contributed by atoms with E-state index in [1.54, 1.807) is 0 Å². The van der Waals surface area contributed by atoms with Gasteiger partial charge in [0.2, 0.25) is 17.7 Å². The molecule has 0 aromatic carbocycles. The summed E-state index contributed by atoms with van der Waals surface area (Å²) in [6, 6.07) is -3.67. The van der Waals surface area contributed by atoms with Gasteiger partial charge in [0.1, 0.15) is 12.1 Å². The Morgan fingerprint density at radius 2 is 1.68 bits per heavy atom. The molecular weight excluding hydrogens is 368 g/mol. The zero-order valence-electron chi connectivity index (χ0n) is 16.8. The molecule has 0 bridgehead atoms. The third-order valence-electron chi connectivity index (χ3n) is 4.97. The first kappa shape index (κ1) is 23.8. The standard InChI is InChI=1S/C18H32N4O6/c1-5-9(2)13(21-16(25)12-7-6-8-19-12)17(26)20-10(3)15(24)22-14(11(4)23)18(27)28/h9-14,19,23H,5-8H2,1-4H3,(H,20,26)(H,21,25)(H,22,24)(H,27,28). The fourth-order valence-electron chi connectivity index (χ4n) is 2.90. The van der Waals surface area contributed by atoms with Gasteiger partial charge in [-0.05, 0) is 39.2 Å². The number of aliphatic hydroxyl groups excluding tert-OH is 1. The average Bonchev–Trinajstić information content (AvgIpc) is 3.17. The molecular formula is C18H32N4O6. The van der Waals surface area contributed by atoms with Gasteiger partial charge in [-0.2, -0.15) is 0 Å². The van der Waals surface area contributed by atoms with Crippen LogP contribution in [-0.2, 0) is 19.2 Å². The second-order valence-corrected chi connectivity index (χ2v) is 7.32. The van der Waals surface area contributed by atoms with E-state index in [1.165, 1.54) is 13.8 Å². The van der Waals surface area contributed by atoms with Crippen molar-refractivity contribution < 1.29 is 29.4 Å². The molecule has 0 aliphatic carbocycles. The number of rotatable bonds is 10.